The number of rotatable bonds is 11. The Morgan fingerprint density at radius 1 is 0.755 bits per heavy atom. The van der Waals surface area contributed by atoms with Crippen LogP contribution < -0.4 is 10.6 Å². The summed E-state index contributed by atoms with van der Waals surface area (Å²) in [7, 11) is 0. The van der Waals surface area contributed by atoms with Gasteiger partial charge in [0.15, 0.2) is 6.29 Å². The Bertz CT molecular complexity index is 1690. The Morgan fingerprint density at radius 3 is 2.21 bits per heavy atom. The zero-order chi connectivity index (χ0) is 35.8. The Labute approximate surface area is 315 Å². The van der Waals surface area contributed by atoms with Crippen molar-refractivity contribution in [2.24, 2.45) is 17.8 Å². The van der Waals surface area contributed by atoms with Crippen molar-refractivity contribution in [3.8, 4) is 11.1 Å². The first-order valence-corrected chi connectivity index (χ1v) is 20.7. The van der Waals surface area contributed by atoms with Crippen molar-refractivity contribution in [1.82, 2.24) is 20.4 Å². The maximum atomic E-state index is 13.2. The fourth-order valence-corrected chi connectivity index (χ4v) is 11.4. The van der Waals surface area contributed by atoms with E-state index < -0.39 is 6.29 Å². The van der Waals surface area contributed by atoms with Gasteiger partial charge >= 0.3 is 6.03 Å². The van der Waals surface area contributed by atoms with Crippen molar-refractivity contribution in [3.05, 3.63) is 95.1 Å². The molecule has 8 nitrogen and oxygen atoms in total. The van der Waals surface area contributed by atoms with Gasteiger partial charge in [-0.05, 0) is 142 Å². The molecule has 4 aliphatic carbocycles. The number of aliphatic hydroxyl groups is 1. The summed E-state index contributed by atoms with van der Waals surface area (Å²) in [5.74, 6) is 2.40. The molecule has 3 aromatic carbocycles. The predicted molar refractivity (Wildman–Crippen MR) is 207 cm³/mol. The quantitative estimate of drug-likeness (QED) is 0.188. The first-order valence-electron chi connectivity index (χ1n) is 20.7. The minimum Gasteiger partial charge on any atom is -0.392 e. The Morgan fingerprint density at radius 2 is 1.47 bits per heavy atom. The van der Waals surface area contributed by atoms with E-state index in [1.165, 1.54) is 64.6 Å². The molecule has 3 heterocycles. The van der Waals surface area contributed by atoms with Crippen molar-refractivity contribution in [3.63, 3.8) is 0 Å². The van der Waals surface area contributed by atoms with Gasteiger partial charge in [-0.3, -0.25) is 4.90 Å². The van der Waals surface area contributed by atoms with E-state index in [4.69, 9.17) is 9.47 Å². The summed E-state index contributed by atoms with van der Waals surface area (Å²) >= 11 is 0. The first-order chi connectivity index (χ1) is 26.0. The van der Waals surface area contributed by atoms with Crippen LogP contribution in [0.4, 0.5) is 4.79 Å². The molecule has 2 amide bonds. The van der Waals surface area contributed by atoms with Gasteiger partial charge in [-0.2, -0.15) is 0 Å². The molecule has 3 N–H and O–H groups in total. The summed E-state index contributed by atoms with van der Waals surface area (Å²) in [5, 5.41) is 16.3. The van der Waals surface area contributed by atoms with E-state index in [2.05, 4.69) is 81.1 Å². The van der Waals surface area contributed by atoms with Crippen molar-refractivity contribution in [2.45, 2.75) is 114 Å². The molecule has 0 radical (unpaired) electrons. The van der Waals surface area contributed by atoms with Crippen LogP contribution in [-0.2, 0) is 22.6 Å². The summed E-state index contributed by atoms with van der Waals surface area (Å²) < 4.78 is 13.6. The lowest BCUT2D eigenvalue weighted by Gasteiger charge is -2.56. The van der Waals surface area contributed by atoms with E-state index in [1.807, 2.05) is 12.1 Å². The summed E-state index contributed by atoms with van der Waals surface area (Å²) in [6.07, 6.45) is 13.0. The minimum absolute atomic E-state index is 0.00899. The number of amides is 2. The number of carbonyl (C=O) groups excluding carboxylic acids is 1. The van der Waals surface area contributed by atoms with Crippen LogP contribution in [0.15, 0.2) is 72.8 Å². The third kappa shape index (κ3) is 8.08. The van der Waals surface area contributed by atoms with Gasteiger partial charge in [0.1, 0.15) is 0 Å². The van der Waals surface area contributed by atoms with Crippen LogP contribution in [0.3, 0.4) is 0 Å². The summed E-state index contributed by atoms with van der Waals surface area (Å²) in [6.45, 7) is 6.21. The predicted octanol–water partition coefficient (Wildman–Crippen LogP) is 7.72. The number of likely N-dealkylation sites (tertiary alicyclic amines) is 2. The molecule has 4 bridgehead atoms. The van der Waals surface area contributed by atoms with E-state index in [0.717, 1.165) is 89.9 Å². The van der Waals surface area contributed by atoms with Gasteiger partial charge in [0.25, 0.3) is 0 Å². The number of ether oxygens (including phenoxy) is 2. The van der Waals surface area contributed by atoms with Crippen LogP contribution in [0.25, 0.3) is 11.1 Å². The highest BCUT2D eigenvalue weighted by molar-refractivity contribution is 5.75. The second-order valence-electron chi connectivity index (χ2n) is 17.5. The Balaban J connectivity index is 0.883. The van der Waals surface area contributed by atoms with Gasteiger partial charge in [-0.15, -0.1) is 0 Å². The molecule has 4 atom stereocenters. The van der Waals surface area contributed by atoms with Crippen LogP contribution in [0.1, 0.15) is 105 Å². The highest BCUT2D eigenvalue weighted by Crippen LogP contribution is 2.55. The van der Waals surface area contributed by atoms with Crippen LogP contribution in [-0.4, -0.2) is 71.3 Å². The molecule has 0 aromatic heterocycles. The zero-order valence-electron chi connectivity index (χ0n) is 31.3. The number of nitrogens with zero attached hydrogens (tertiary/aromatic N) is 2. The minimum atomic E-state index is -0.492. The maximum absolute atomic E-state index is 13.2. The topological polar surface area (TPSA) is 86.3 Å². The number of hydrogen-bond donors (Lipinski definition) is 3. The molecule has 4 saturated carbocycles. The number of benzene rings is 3. The third-order valence-electron chi connectivity index (χ3n) is 13.5. The molecule has 282 valence electrons. The lowest BCUT2D eigenvalue weighted by molar-refractivity contribution is -0.253. The Kier molecular flexibility index (Phi) is 10.3. The third-order valence-corrected chi connectivity index (χ3v) is 13.5. The highest BCUT2D eigenvalue weighted by Gasteiger charge is 2.51. The highest BCUT2D eigenvalue weighted by atomic mass is 16.7. The van der Waals surface area contributed by atoms with E-state index in [9.17, 15) is 9.90 Å². The van der Waals surface area contributed by atoms with Crippen molar-refractivity contribution in [1.29, 1.82) is 0 Å². The van der Waals surface area contributed by atoms with Crippen molar-refractivity contribution < 1.29 is 19.4 Å². The average molecular weight is 719 g/mol. The Hall–Kier alpha value is -3.27. The fourth-order valence-electron chi connectivity index (χ4n) is 11.4. The van der Waals surface area contributed by atoms with Crippen LogP contribution >= 0.6 is 0 Å². The SMILES string of the molecule is O=C(NCc1cccc(-c2cccc([C@@H]3O[C@H](CN4CCC[C@H]4CN4CCCC4)C[C@H](c4ccc(CO)cc4)O3)c2)c1)NC12CC3CC(CC(C3)C1)C2. The fraction of sp³-hybridized carbons (Fsp3) is 0.578. The second kappa shape index (κ2) is 15.5. The average Bonchev–Trinajstić information content (AvgIpc) is 3.86. The molecule has 3 aliphatic heterocycles. The van der Waals surface area contributed by atoms with Gasteiger partial charge in [0, 0.05) is 43.2 Å². The van der Waals surface area contributed by atoms with E-state index in [0.29, 0.717) is 12.6 Å². The number of nitrogens with one attached hydrogen (secondary N) is 2. The molecule has 3 saturated heterocycles. The van der Waals surface area contributed by atoms with Gasteiger partial charge in [-0.25, -0.2) is 4.79 Å². The normalized spacial score (nSPS) is 32.7. The molecule has 0 spiro atoms. The number of hydrogen-bond acceptors (Lipinski definition) is 6. The van der Waals surface area contributed by atoms with E-state index in [1.54, 1.807) is 0 Å². The van der Waals surface area contributed by atoms with Crippen LogP contribution in [0.2, 0.25) is 0 Å². The molecule has 3 aromatic rings. The smallest absolute Gasteiger partial charge is 0.315 e. The molecule has 0 unspecified atom stereocenters. The molecule has 7 fully saturated rings. The largest absolute Gasteiger partial charge is 0.392 e. The summed E-state index contributed by atoms with van der Waals surface area (Å²) in [4.78, 5) is 18.5. The number of urea groups is 1. The maximum Gasteiger partial charge on any atom is 0.315 e. The molecule has 7 aliphatic rings. The van der Waals surface area contributed by atoms with Crippen LogP contribution in [0, 0.1) is 17.8 Å². The zero-order valence-corrected chi connectivity index (χ0v) is 31.3. The lowest BCUT2D eigenvalue weighted by atomic mass is 9.53. The number of carbonyl (C=O) groups is 1. The monoisotopic (exact) mass is 718 g/mol. The molecular formula is C45H58N4O4. The van der Waals surface area contributed by atoms with Gasteiger partial charge < -0.3 is 30.1 Å². The summed E-state index contributed by atoms with van der Waals surface area (Å²) in [5.41, 5.74) is 6.35. The van der Waals surface area contributed by atoms with Gasteiger partial charge in [0.05, 0.1) is 18.8 Å². The molecule has 53 heavy (non-hydrogen) atoms. The second-order valence-corrected chi connectivity index (χ2v) is 17.5. The molecular weight excluding hydrogens is 661 g/mol. The van der Waals surface area contributed by atoms with E-state index >= 15 is 0 Å². The molecule has 8 heteroatoms. The van der Waals surface area contributed by atoms with Gasteiger partial charge in [-0.1, -0.05) is 60.7 Å². The van der Waals surface area contributed by atoms with Gasteiger partial charge in [0.2, 0.25) is 0 Å². The summed E-state index contributed by atoms with van der Waals surface area (Å²) in [6, 6.07) is 25.8. The first kappa shape index (κ1) is 35.4. The molecule has 10 rings (SSSR count). The lowest BCUT2D eigenvalue weighted by Crippen LogP contribution is -2.61. The standard InChI is InChI=1S/C45H58N4O4/c50-30-31-11-13-36(14-12-31)42-23-41(29-49-17-5-10-40(49)28-48-15-1-2-16-48)52-43(53-42)39-9-4-8-38(22-39)37-7-3-6-32(21-37)27-46-44(51)47-45-24-33-18-34(25-45)20-35(19-33)26-45/h3-4,6-9,11-14,21-22,33-35,40-43,50H,1-2,5,10,15-20,23-30H2,(H2,46,47,51)/t33?,34?,35?,40-,41-,42+,43+,45?/m0/s1. The van der Waals surface area contributed by atoms with Crippen molar-refractivity contribution in [2.75, 3.05) is 32.7 Å². The van der Waals surface area contributed by atoms with Crippen molar-refractivity contribution >= 4 is 6.03 Å². The van der Waals surface area contributed by atoms with E-state index in [-0.39, 0.29) is 30.4 Å². The number of aliphatic hydroxyl groups excluding tert-OH is 1. The van der Waals surface area contributed by atoms with Crippen LogP contribution in [0.5, 0.6) is 0 Å².